The van der Waals surface area contributed by atoms with Gasteiger partial charge in [-0.25, -0.2) is 0 Å². The van der Waals surface area contributed by atoms with Crippen molar-refractivity contribution >= 4 is 41.9 Å². The molecule has 2 aromatic rings. The molecule has 0 saturated carbocycles. The van der Waals surface area contributed by atoms with Gasteiger partial charge in [0.15, 0.2) is 0 Å². The molecular formula is C14H22Cl3CrN4S. The molecule has 0 aliphatic rings. The first-order chi connectivity index (χ1) is 10.8. The number of aryl methyl sites for hydroxylation is 6. The van der Waals surface area contributed by atoms with Crippen LogP contribution in [0.5, 0.6) is 0 Å². The van der Waals surface area contributed by atoms with Crippen molar-refractivity contribution in [2.75, 3.05) is 11.5 Å². The van der Waals surface area contributed by atoms with Crippen LogP contribution in [0.3, 0.4) is 0 Å². The summed E-state index contributed by atoms with van der Waals surface area (Å²) in [4.78, 5) is 0. The van der Waals surface area contributed by atoms with Gasteiger partial charge in [-0.2, -0.15) is 22.0 Å². The Labute approximate surface area is 159 Å². The molecule has 4 nitrogen and oxygen atoms in total. The molecule has 23 heavy (non-hydrogen) atoms. The Morgan fingerprint density at radius 3 is 1.48 bits per heavy atom. The van der Waals surface area contributed by atoms with E-state index < -0.39 is 11.4 Å². The minimum atomic E-state index is -1.62. The minimum absolute atomic E-state index is 0.988. The molecular weight excluding hydrogens is 415 g/mol. The zero-order chi connectivity index (χ0) is 17.4. The summed E-state index contributed by atoms with van der Waals surface area (Å²) in [6, 6.07) is 4.25. The van der Waals surface area contributed by atoms with Crippen molar-refractivity contribution in [1.82, 2.24) is 19.6 Å². The molecule has 2 rings (SSSR count). The van der Waals surface area contributed by atoms with E-state index in [-0.39, 0.29) is 0 Å². The molecule has 0 spiro atoms. The SMILES string of the molecule is Cc1cc(C)n(CCSCCn2nc(C)cc2C)n1.[Cl][Cr]([Cl])[Cl]. The van der Waals surface area contributed by atoms with Crippen LogP contribution in [0.2, 0.25) is 0 Å². The molecule has 0 saturated heterocycles. The summed E-state index contributed by atoms with van der Waals surface area (Å²) in [6.45, 7) is 10.3. The van der Waals surface area contributed by atoms with Gasteiger partial charge in [0.1, 0.15) is 0 Å². The molecule has 0 aromatic carbocycles. The monoisotopic (exact) mass is 435 g/mol. The van der Waals surface area contributed by atoms with E-state index in [1.165, 1.54) is 11.4 Å². The number of halogens is 3. The molecule has 2 aromatic heterocycles. The maximum absolute atomic E-state index is 4.93. The normalized spacial score (nSPS) is 10.8. The third kappa shape index (κ3) is 8.72. The molecule has 131 valence electrons. The van der Waals surface area contributed by atoms with Crippen LogP contribution in [0.4, 0.5) is 0 Å². The Morgan fingerprint density at radius 1 is 0.870 bits per heavy atom. The maximum atomic E-state index is 4.93. The molecule has 0 aliphatic heterocycles. The fraction of sp³-hybridized carbons (Fsp3) is 0.571. The van der Waals surface area contributed by atoms with Gasteiger partial charge in [-0.3, -0.25) is 9.36 Å². The van der Waals surface area contributed by atoms with E-state index in [1.54, 1.807) is 0 Å². The van der Waals surface area contributed by atoms with Gasteiger partial charge < -0.3 is 0 Å². The average Bonchev–Trinajstić information content (AvgIpc) is 2.90. The predicted octanol–water partition coefficient (Wildman–Crippen LogP) is 4.81. The van der Waals surface area contributed by atoms with Crippen molar-refractivity contribution in [3.63, 3.8) is 0 Å². The number of nitrogens with zero attached hydrogens (tertiary/aromatic N) is 4. The number of hydrogen-bond donors (Lipinski definition) is 0. The second kappa shape index (κ2) is 10.9. The van der Waals surface area contributed by atoms with Gasteiger partial charge in [-0.15, -0.1) is 0 Å². The van der Waals surface area contributed by atoms with Gasteiger partial charge in [-0.05, 0) is 39.8 Å². The van der Waals surface area contributed by atoms with Crippen LogP contribution in [0.25, 0.3) is 0 Å². The van der Waals surface area contributed by atoms with Gasteiger partial charge in [0.05, 0.1) is 24.5 Å². The topological polar surface area (TPSA) is 35.6 Å². The van der Waals surface area contributed by atoms with Crippen LogP contribution in [0, 0.1) is 27.7 Å². The van der Waals surface area contributed by atoms with E-state index in [0.29, 0.717) is 0 Å². The van der Waals surface area contributed by atoms with E-state index in [2.05, 4.69) is 45.5 Å². The molecule has 0 amide bonds. The Morgan fingerprint density at radius 2 is 1.22 bits per heavy atom. The zero-order valence-electron chi connectivity index (χ0n) is 13.7. The average molecular weight is 437 g/mol. The van der Waals surface area contributed by atoms with E-state index in [9.17, 15) is 0 Å². The van der Waals surface area contributed by atoms with Crippen molar-refractivity contribution in [3.05, 3.63) is 34.9 Å². The third-order valence-corrected chi connectivity index (χ3v) is 4.04. The fourth-order valence-electron chi connectivity index (χ4n) is 2.21. The van der Waals surface area contributed by atoms with Crippen molar-refractivity contribution in [1.29, 1.82) is 0 Å². The van der Waals surface area contributed by atoms with Crippen LogP contribution >= 0.6 is 41.9 Å². The van der Waals surface area contributed by atoms with Gasteiger partial charge in [0, 0.05) is 22.9 Å². The summed E-state index contributed by atoms with van der Waals surface area (Å²) >= 11 is 0.332. The summed E-state index contributed by atoms with van der Waals surface area (Å²) < 4.78 is 4.18. The molecule has 0 fully saturated rings. The van der Waals surface area contributed by atoms with E-state index in [0.717, 1.165) is 36.0 Å². The Hall–Kier alpha value is 0.172. The summed E-state index contributed by atoms with van der Waals surface area (Å²) in [7, 11) is 14.8. The first-order valence-electron chi connectivity index (χ1n) is 7.12. The van der Waals surface area contributed by atoms with E-state index in [1.807, 2.05) is 25.6 Å². The van der Waals surface area contributed by atoms with Crippen molar-refractivity contribution in [2.24, 2.45) is 0 Å². The third-order valence-electron chi connectivity index (χ3n) is 3.10. The molecule has 2 heterocycles. The molecule has 0 bridgehead atoms. The van der Waals surface area contributed by atoms with E-state index in [4.69, 9.17) is 30.1 Å². The Kier molecular flexibility index (Phi) is 10.1. The molecule has 0 N–H and O–H groups in total. The number of rotatable bonds is 6. The van der Waals surface area contributed by atoms with E-state index >= 15 is 0 Å². The van der Waals surface area contributed by atoms with Crippen LogP contribution in [0.1, 0.15) is 22.8 Å². The van der Waals surface area contributed by atoms with Crippen LogP contribution < -0.4 is 0 Å². The van der Waals surface area contributed by atoms with Gasteiger partial charge >= 0.3 is 41.5 Å². The molecule has 0 unspecified atom stereocenters. The van der Waals surface area contributed by atoms with Crippen LogP contribution in [-0.2, 0) is 24.5 Å². The fourth-order valence-corrected chi connectivity index (χ4v) is 3.01. The van der Waals surface area contributed by atoms with Gasteiger partial charge in [-0.1, -0.05) is 0 Å². The first kappa shape index (κ1) is 21.2. The van der Waals surface area contributed by atoms with Gasteiger partial charge in [0.2, 0.25) is 0 Å². The second-order valence-corrected chi connectivity index (χ2v) is 12.6. The Bertz CT molecular complexity index is 550. The molecule has 9 heteroatoms. The summed E-state index contributed by atoms with van der Waals surface area (Å²) in [6.07, 6.45) is 0. The summed E-state index contributed by atoms with van der Waals surface area (Å²) in [5, 5.41) is 8.94. The van der Waals surface area contributed by atoms with Crippen molar-refractivity contribution in [3.8, 4) is 0 Å². The summed E-state index contributed by atoms with van der Waals surface area (Å²) in [5.41, 5.74) is 4.70. The van der Waals surface area contributed by atoms with Gasteiger partial charge in [0.25, 0.3) is 0 Å². The Balaban J connectivity index is 0.000000593. The van der Waals surface area contributed by atoms with Crippen LogP contribution in [-0.4, -0.2) is 31.1 Å². The quantitative estimate of drug-likeness (QED) is 0.609. The second-order valence-electron chi connectivity index (χ2n) is 5.09. The first-order valence-corrected chi connectivity index (χ1v) is 13.5. The predicted molar refractivity (Wildman–Crippen MR) is 98.3 cm³/mol. The van der Waals surface area contributed by atoms with Crippen molar-refractivity contribution < 1.29 is 11.4 Å². The van der Waals surface area contributed by atoms with Crippen LogP contribution in [0.15, 0.2) is 12.1 Å². The number of aromatic nitrogens is 4. The standard InChI is InChI=1S/C14H22N4S.3ClH.Cr/c1-11-9-13(3)17(15-11)5-7-19-8-6-18-14(4)10-12(2)16-18;;;;/h9-10H,5-8H2,1-4H3;3*1H;/q;;;;+3/p-3. The zero-order valence-corrected chi connectivity index (χ0v) is 18.1. The molecule has 0 aliphatic carbocycles. The molecule has 0 atom stereocenters. The molecule has 0 radical (unpaired) electrons. The van der Waals surface area contributed by atoms with Crippen molar-refractivity contribution in [2.45, 2.75) is 40.8 Å². The number of hydrogen-bond acceptors (Lipinski definition) is 3. The number of thioether (sulfide) groups is 1. The summed E-state index contributed by atoms with van der Waals surface area (Å²) in [5.74, 6) is 2.20.